The molecule has 1 saturated heterocycles. The molecule has 1 saturated carbocycles. The molecule has 2 aliphatic heterocycles. The molecule has 6 nitrogen and oxygen atoms in total. The van der Waals surface area contributed by atoms with Crippen LogP contribution in [0.25, 0.3) is 0 Å². The smallest absolute Gasteiger partial charge is 0.261 e. The van der Waals surface area contributed by atoms with Gasteiger partial charge in [-0.25, -0.2) is 8.42 Å². The molecule has 2 heterocycles. The van der Waals surface area contributed by atoms with Crippen molar-refractivity contribution < 1.29 is 13.2 Å². The first-order chi connectivity index (χ1) is 14.5. The van der Waals surface area contributed by atoms with Crippen LogP contribution in [0.2, 0.25) is 0 Å². The lowest BCUT2D eigenvalue weighted by Crippen LogP contribution is -2.30. The lowest BCUT2D eigenvalue weighted by atomic mass is 10.1. The molecule has 1 aliphatic carbocycles. The van der Waals surface area contributed by atoms with Crippen LogP contribution in [0, 0.1) is 5.92 Å². The molecule has 1 amide bonds. The molecule has 30 heavy (non-hydrogen) atoms. The van der Waals surface area contributed by atoms with Gasteiger partial charge in [-0.2, -0.15) is 0 Å². The summed E-state index contributed by atoms with van der Waals surface area (Å²) < 4.78 is 28.5. The third kappa shape index (κ3) is 3.78. The number of anilines is 3. The Balaban J connectivity index is 1.31. The second kappa shape index (κ2) is 7.61. The lowest BCUT2D eigenvalue weighted by Gasteiger charge is -2.28. The van der Waals surface area contributed by atoms with Gasteiger partial charge < -0.3 is 9.80 Å². The van der Waals surface area contributed by atoms with Gasteiger partial charge in [-0.05, 0) is 86.6 Å². The van der Waals surface area contributed by atoms with Gasteiger partial charge in [0.25, 0.3) is 10.0 Å². The lowest BCUT2D eigenvalue weighted by molar-refractivity contribution is -0.119. The quantitative estimate of drug-likeness (QED) is 0.792. The molecule has 0 atom stereocenters. The summed E-state index contributed by atoms with van der Waals surface area (Å²) in [5, 5.41) is 0. The van der Waals surface area contributed by atoms with Gasteiger partial charge in [0, 0.05) is 42.6 Å². The molecule has 5 rings (SSSR count). The number of fused-ring (bicyclic) bond motifs is 1. The van der Waals surface area contributed by atoms with Gasteiger partial charge in [0.2, 0.25) is 5.91 Å². The van der Waals surface area contributed by atoms with Gasteiger partial charge >= 0.3 is 0 Å². The summed E-state index contributed by atoms with van der Waals surface area (Å²) in [7, 11) is -3.68. The highest BCUT2D eigenvalue weighted by molar-refractivity contribution is 7.92. The highest BCUT2D eigenvalue weighted by Crippen LogP contribution is 2.37. The van der Waals surface area contributed by atoms with Crippen molar-refractivity contribution in [3.63, 3.8) is 0 Å². The second-order valence-corrected chi connectivity index (χ2v) is 10.2. The second-order valence-electron chi connectivity index (χ2n) is 8.50. The number of hydrogen-bond acceptors (Lipinski definition) is 4. The third-order valence-corrected chi connectivity index (χ3v) is 7.67. The Morgan fingerprint density at radius 1 is 0.933 bits per heavy atom. The molecular weight excluding hydrogens is 398 g/mol. The molecule has 7 heteroatoms. The van der Waals surface area contributed by atoms with E-state index in [1.54, 1.807) is 18.2 Å². The Bertz CT molecular complexity index is 1060. The number of carbonyl (C=O) groups excluding carboxylic acids is 1. The number of nitrogens with one attached hydrogen (secondary N) is 1. The van der Waals surface area contributed by atoms with Crippen LogP contribution < -0.4 is 14.5 Å². The van der Waals surface area contributed by atoms with E-state index < -0.39 is 10.0 Å². The molecule has 3 aliphatic rings. The molecule has 2 fully saturated rings. The van der Waals surface area contributed by atoms with Gasteiger partial charge in [-0.15, -0.1) is 0 Å². The SMILES string of the molecule is O=C(C1CC1)N1CCc2cc(S(=O)(=O)Nc3ccc(N4CCCCC4)cc3)ccc21. The topological polar surface area (TPSA) is 69.7 Å². The third-order valence-electron chi connectivity index (χ3n) is 6.29. The fourth-order valence-electron chi connectivity index (χ4n) is 4.43. The van der Waals surface area contributed by atoms with Crippen LogP contribution in [-0.4, -0.2) is 34.0 Å². The molecule has 158 valence electrons. The van der Waals surface area contributed by atoms with Gasteiger partial charge in [0.1, 0.15) is 0 Å². The average molecular weight is 426 g/mol. The minimum absolute atomic E-state index is 0.161. The van der Waals surface area contributed by atoms with Crippen molar-refractivity contribution in [3.05, 3.63) is 48.0 Å². The largest absolute Gasteiger partial charge is 0.372 e. The van der Waals surface area contributed by atoms with Gasteiger partial charge in [-0.3, -0.25) is 9.52 Å². The van der Waals surface area contributed by atoms with E-state index in [2.05, 4.69) is 9.62 Å². The summed E-state index contributed by atoms with van der Waals surface area (Å²) in [4.78, 5) is 16.8. The zero-order valence-electron chi connectivity index (χ0n) is 17.0. The van der Waals surface area contributed by atoms with E-state index >= 15 is 0 Å². The zero-order valence-corrected chi connectivity index (χ0v) is 17.8. The van der Waals surface area contributed by atoms with Crippen LogP contribution in [0.1, 0.15) is 37.7 Å². The molecule has 0 radical (unpaired) electrons. The summed E-state index contributed by atoms with van der Waals surface area (Å²) in [5.41, 5.74) is 3.47. The number of carbonyl (C=O) groups is 1. The van der Waals surface area contributed by atoms with Crippen molar-refractivity contribution in [1.82, 2.24) is 0 Å². The number of nitrogens with zero attached hydrogens (tertiary/aromatic N) is 2. The van der Waals surface area contributed by atoms with E-state index in [0.717, 1.165) is 42.9 Å². The monoisotopic (exact) mass is 425 g/mol. The number of amides is 1. The Kier molecular flexibility index (Phi) is 4.93. The van der Waals surface area contributed by atoms with Gasteiger partial charge in [0.15, 0.2) is 0 Å². The Morgan fingerprint density at radius 2 is 1.67 bits per heavy atom. The van der Waals surface area contributed by atoms with E-state index in [-0.39, 0.29) is 16.7 Å². The van der Waals surface area contributed by atoms with E-state index in [1.165, 1.54) is 19.3 Å². The molecule has 2 aromatic rings. The summed E-state index contributed by atoms with van der Waals surface area (Å²) in [6.45, 7) is 2.75. The van der Waals surface area contributed by atoms with Crippen LogP contribution in [0.4, 0.5) is 17.1 Å². The van der Waals surface area contributed by atoms with Crippen molar-refractivity contribution in [1.29, 1.82) is 0 Å². The summed E-state index contributed by atoms with van der Waals surface area (Å²) >= 11 is 0. The van der Waals surface area contributed by atoms with Crippen LogP contribution >= 0.6 is 0 Å². The predicted octanol–water partition coefficient (Wildman–Crippen LogP) is 3.78. The minimum Gasteiger partial charge on any atom is -0.372 e. The molecule has 0 unspecified atom stereocenters. The number of rotatable bonds is 5. The molecular formula is C23H27N3O3S. The molecule has 0 spiro atoms. The van der Waals surface area contributed by atoms with Crippen LogP contribution in [0.3, 0.4) is 0 Å². The zero-order chi connectivity index (χ0) is 20.7. The minimum atomic E-state index is -3.68. The number of benzene rings is 2. The maximum Gasteiger partial charge on any atom is 0.261 e. The standard InChI is InChI=1S/C23H27N3O3S/c27-23(17-4-5-17)26-15-12-18-16-21(10-11-22(18)26)30(28,29)24-19-6-8-20(9-7-19)25-13-2-1-3-14-25/h6-11,16-17,24H,1-5,12-15H2. The van der Waals surface area contributed by atoms with E-state index in [4.69, 9.17) is 0 Å². The van der Waals surface area contributed by atoms with Crippen LogP contribution in [0.5, 0.6) is 0 Å². The Morgan fingerprint density at radius 3 is 2.37 bits per heavy atom. The number of hydrogen-bond donors (Lipinski definition) is 1. The summed E-state index contributed by atoms with van der Waals surface area (Å²) in [6, 6.07) is 12.7. The van der Waals surface area contributed by atoms with Crippen LogP contribution in [-0.2, 0) is 21.2 Å². The fourth-order valence-corrected chi connectivity index (χ4v) is 5.54. The highest BCUT2D eigenvalue weighted by Gasteiger charge is 2.36. The van der Waals surface area contributed by atoms with E-state index in [1.807, 2.05) is 29.2 Å². The van der Waals surface area contributed by atoms with E-state index in [9.17, 15) is 13.2 Å². The van der Waals surface area contributed by atoms with Gasteiger partial charge in [0.05, 0.1) is 4.90 Å². The van der Waals surface area contributed by atoms with Crippen molar-refractivity contribution >= 4 is 33.0 Å². The normalized spacial score (nSPS) is 18.9. The van der Waals surface area contributed by atoms with Crippen LogP contribution in [0.15, 0.2) is 47.4 Å². The maximum absolute atomic E-state index is 12.9. The molecule has 0 aromatic heterocycles. The molecule has 1 N–H and O–H groups in total. The van der Waals surface area contributed by atoms with Crippen molar-refractivity contribution in [2.45, 2.75) is 43.4 Å². The molecule has 2 aromatic carbocycles. The first kappa shape index (κ1) is 19.4. The predicted molar refractivity (Wildman–Crippen MR) is 119 cm³/mol. The van der Waals surface area contributed by atoms with Gasteiger partial charge in [-0.1, -0.05) is 0 Å². The highest BCUT2D eigenvalue weighted by atomic mass is 32.2. The van der Waals surface area contributed by atoms with E-state index in [0.29, 0.717) is 18.7 Å². The first-order valence-electron chi connectivity index (χ1n) is 10.8. The van der Waals surface area contributed by atoms with Crippen molar-refractivity contribution in [2.24, 2.45) is 5.92 Å². The molecule has 0 bridgehead atoms. The first-order valence-corrected chi connectivity index (χ1v) is 12.3. The Hall–Kier alpha value is -2.54. The fraction of sp³-hybridized carbons (Fsp3) is 0.435. The number of piperidine rings is 1. The number of sulfonamides is 1. The Labute approximate surface area is 177 Å². The average Bonchev–Trinajstić information content (AvgIpc) is 3.53. The van der Waals surface area contributed by atoms with Crippen molar-refractivity contribution in [2.75, 3.05) is 34.2 Å². The maximum atomic E-state index is 12.9. The summed E-state index contributed by atoms with van der Waals surface area (Å²) in [5.74, 6) is 0.338. The van der Waals surface area contributed by atoms with Crippen molar-refractivity contribution in [3.8, 4) is 0 Å². The summed E-state index contributed by atoms with van der Waals surface area (Å²) in [6.07, 6.45) is 6.32.